The number of benzene rings is 1. The summed E-state index contributed by atoms with van der Waals surface area (Å²) in [6.45, 7) is 3.53. The van der Waals surface area contributed by atoms with Crippen molar-refractivity contribution < 1.29 is 19.0 Å². The maximum Gasteiger partial charge on any atom is 0.310 e. The lowest BCUT2D eigenvalue weighted by Crippen LogP contribution is -2.46. The van der Waals surface area contributed by atoms with Crippen LogP contribution in [0.15, 0.2) is 18.2 Å². The van der Waals surface area contributed by atoms with Gasteiger partial charge >= 0.3 is 5.97 Å². The summed E-state index contributed by atoms with van der Waals surface area (Å²) in [6.07, 6.45) is 1.89. The number of nitrogens with zero attached hydrogens (tertiary/aromatic N) is 1. The Morgan fingerprint density at radius 2 is 2.18 bits per heavy atom. The average molecular weight is 306 g/mol. The molecule has 1 N–H and O–H groups in total. The van der Waals surface area contributed by atoms with Crippen LogP contribution >= 0.6 is 0 Å². The van der Waals surface area contributed by atoms with E-state index in [1.54, 1.807) is 0 Å². The molecule has 0 spiro atoms. The maximum atomic E-state index is 11.6. The fraction of sp³-hybridized carbons (Fsp3) is 0.562. The van der Waals surface area contributed by atoms with Crippen LogP contribution in [0.25, 0.3) is 0 Å². The summed E-state index contributed by atoms with van der Waals surface area (Å²) in [7, 11) is 1.45. The van der Waals surface area contributed by atoms with Crippen molar-refractivity contribution in [2.24, 2.45) is 5.92 Å². The fourth-order valence-corrected chi connectivity index (χ4v) is 2.88. The average Bonchev–Trinajstić information content (AvgIpc) is 2.59. The number of methoxy groups -OCH3 is 1. The second-order valence-electron chi connectivity index (χ2n) is 5.62. The number of esters is 1. The zero-order valence-electron chi connectivity index (χ0n) is 12.8. The molecule has 3 rings (SSSR count). The smallest absolute Gasteiger partial charge is 0.310 e. The molecule has 1 fully saturated rings. The summed E-state index contributed by atoms with van der Waals surface area (Å²) >= 11 is 0. The highest BCUT2D eigenvalue weighted by molar-refractivity contribution is 5.72. The highest BCUT2D eigenvalue weighted by atomic mass is 16.6. The monoisotopic (exact) mass is 306 g/mol. The standard InChI is InChI=1S/C16H22N2O4/c1-20-16(19)13-3-2-6-18(11-13)17-10-12-4-5-14-15(9-12)22-8-7-21-14/h4-5,9,13,17H,2-3,6-8,10-11H2,1H3. The number of hydrogen-bond donors (Lipinski definition) is 1. The predicted octanol–water partition coefficient (Wildman–Crippen LogP) is 1.35. The molecule has 2 aliphatic rings. The van der Waals surface area contributed by atoms with Crippen LogP contribution in [-0.2, 0) is 16.1 Å². The van der Waals surface area contributed by atoms with Crippen molar-refractivity contribution in [2.75, 3.05) is 33.4 Å². The minimum absolute atomic E-state index is 0.0356. The van der Waals surface area contributed by atoms with Gasteiger partial charge in [-0.15, -0.1) is 0 Å². The number of hydrazine groups is 1. The molecule has 0 bridgehead atoms. The van der Waals surface area contributed by atoms with Gasteiger partial charge in [0, 0.05) is 19.6 Å². The SMILES string of the molecule is COC(=O)C1CCCN(NCc2ccc3c(c2)OCCO3)C1. The molecule has 1 unspecified atom stereocenters. The van der Waals surface area contributed by atoms with Crippen LogP contribution in [0.4, 0.5) is 0 Å². The summed E-state index contributed by atoms with van der Waals surface area (Å²) in [5, 5.41) is 2.10. The second kappa shape index (κ2) is 6.98. The van der Waals surface area contributed by atoms with E-state index in [1.807, 2.05) is 18.2 Å². The first-order valence-corrected chi connectivity index (χ1v) is 7.71. The third-order valence-corrected chi connectivity index (χ3v) is 4.07. The quantitative estimate of drug-likeness (QED) is 0.847. The van der Waals surface area contributed by atoms with E-state index in [0.717, 1.165) is 36.4 Å². The van der Waals surface area contributed by atoms with E-state index in [9.17, 15) is 4.79 Å². The maximum absolute atomic E-state index is 11.6. The van der Waals surface area contributed by atoms with E-state index in [4.69, 9.17) is 14.2 Å². The summed E-state index contributed by atoms with van der Waals surface area (Å²) in [6, 6.07) is 5.98. The van der Waals surface area contributed by atoms with Crippen LogP contribution in [0.3, 0.4) is 0 Å². The van der Waals surface area contributed by atoms with E-state index in [0.29, 0.717) is 26.3 Å². The predicted molar refractivity (Wildman–Crippen MR) is 80.6 cm³/mol. The van der Waals surface area contributed by atoms with Gasteiger partial charge in [0.2, 0.25) is 0 Å². The molecule has 1 atom stereocenters. The van der Waals surface area contributed by atoms with Gasteiger partial charge in [0.05, 0.1) is 13.0 Å². The summed E-state index contributed by atoms with van der Waals surface area (Å²) in [5.41, 5.74) is 4.51. The molecule has 0 radical (unpaired) electrons. The lowest BCUT2D eigenvalue weighted by Gasteiger charge is -2.31. The van der Waals surface area contributed by atoms with Crippen LogP contribution in [-0.4, -0.2) is 44.4 Å². The van der Waals surface area contributed by atoms with E-state index in [-0.39, 0.29) is 11.9 Å². The lowest BCUT2D eigenvalue weighted by molar-refractivity contribution is -0.147. The number of carbonyl (C=O) groups is 1. The Bertz CT molecular complexity index is 535. The van der Waals surface area contributed by atoms with Gasteiger partial charge in [-0.25, -0.2) is 5.01 Å². The van der Waals surface area contributed by atoms with Gasteiger partial charge in [-0.05, 0) is 30.5 Å². The van der Waals surface area contributed by atoms with Crippen molar-refractivity contribution in [1.29, 1.82) is 0 Å². The molecular formula is C16H22N2O4. The number of rotatable bonds is 4. The molecule has 2 heterocycles. The van der Waals surface area contributed by atoms with Gasteiger partial charge in [-0.1, -0.05) is 6.07 Å². The van der Waals surface area contributed by atoms with Crippen molar-refractivity contribution in [3.05, 3.63) is 23.8 Å². The van der Waals surface area contributed by atoms with E-state index in [1.165, 1.54) is 7.11 Å². The van der Waals surface area contributed by atoms with Crippen molar-refractivity contribution in [2.45, 2.75) is 19.4 Å². The molecule has 1 aromatic rings. The van der Waals surface area contributed by atoms with Gasteiger partial charge in [-0.3, -0.25) is 10.2 Å². The number of ether oxygens (including phenoxy) is 3. The minimum atomic E-state index is -0.120. The molecule has 0 aromatic heterocycles. The molecule has 0 saturated carbocycles. The van der Waals surface area contributed by atoms with E-state index < -0.39 is 0 Å². The molecule has 0 amide bonds. The van der Waals surface area contributed by atoms with Crippen molar-refractivity contribution in [3.8, 4) is 11.5 Å². The van der Waals surface area contributed by atoms with Crippen LogP contribution in [0.2, 0.25) is 0 Å². The Hall–Kier alpha value is -1.79. The highest BCUT2D eigenvalue weighted by Gasteiger charge is 2.26. The molecule has 0 aliphatic carbocycles. The first-order valence-electron chi connectivity index (χ1n) is 7.71. The van der Waals surface area contributed by atoms with Gasteiger partial charge in [0.15, 0.2) is 11.5 Å². The van der Waals surface area contributed by atoms with Crippen LogP contribution < -0.4 is 14.9 Å². The summed E-state index contributed by atoms with van der Waals surface area (Å²) < 4.78 is 15.9. The second-order valence-corrected chi connectivity index (χ2v) is 5.62. The van der Waals surface area contributed by atoms with E-state index in [2.05, 4.69) is 10.4 Å². The largest absolute Gasteiger partial charge is 0.486 e. The molecule has 1 aromatic carbocycles. The van der Waals surface area contributed by atoms with Crippen molar-refractivity contribution in [3.63, 3.8) is 0 Å². The summed E-state index contributed by atoms with van der Waals surface area (Å²) in [5.74, 6) is 1.45. The molecule has 1 saturated heterocycles. The Morgan fingerprint density at radius 3 is 3.00 bits per heavy atom. The van der Waals surface area contributed by atoms with Crippen LogP contribution in [0.5, 0.6) is 11.5 Å². The molecule has 120 valence electrons. The first-order chi connectivity index (χ1) is 10.8. The third-order valence-electron chi connectivity index (χ3n) is 4.07. The molecular weight excluding hydrogens is 284 g/mol. The van der Waals surface area contributed by atoms with Crippen LogP contribution in [0.1, 0.15) is 18.4 Å². The summed E-state index contributed by atoms with van der Waals surface area (Å²) in [4.78, 5) is 11.6. The number of piperidine rings is 1. The van der Waals surface area contributed by atoms with Gasteiger partial charge in [0.1, 0.15) is 13.2 Å². The lowest BCUT2D eigenvalue weighted by atomic mass is 9.99. The van der Waals surface area contributed by atoms with Gasteiger partial charge in [-0.2, -0.15) is 0 Å². The Labute approximate surface area is 130 Å². The zero-order valence-corrected chi connectivity index (χ0v) is 12.8. The van der Waals surface area contributed by atoms with Gasteiger partial charge in [0.25, 0.3) is 0 Å². The van der Waals surface area contributed by atoms with Crippen molar-refractivity contribution >= 4 is 5.97 Å². The number of fused-ring (bicyclic) bond motifs is 1. The van der Waals surface area contributed by atoms with E-state index >= 15 is 0 Å². The topological polar surface area (TPSA) is 60.0 Å². The number of hydrogen-bond acceptors (Lipinski definition) is 6. The Morgan fingerprint density at radius 1 is 1.36 bits per heavy atom. The number of carbonyl (C=O) groups excluding carboxylic acids is 1. The minimum Gasteiger partial charge on any atom is -0.486 e. The Balaban J connectivity index is 1.54. The van der Waals surface area contributed by atoms with Crippen molar-refractivity contribution in [1.82, 2.24) is 10.4 Å². The first kappa shape index (κ1) is 15.1. The molecule has 6 nitrogen and oxygen atoms in total. The third kappa shape index (κ3) is 3.51. The fourth-order valence-electron chi connectivity index (χ4n) is 2.88. The molecule has 22 heavy (non-hydrogen) atoms. The van der Waals surface area contributed by atoms with Gasteiger partial charge < -0.3 is 14.2 Å². The normalized spacial score (nSPS) is 21.4. The number of nitrogens with one attached hydrogen (secondary N) is 1. The highest BCUT2D eigenvalue weighted by Crippen LogP contribution is 2.30. The zero-order chi connectivity index (χ0) is 15.4. The molecule has 2 aliphatic heterocycles. The molecule has 6 heteroatoms. The van der Waals surface area contributed by atoms with Crippen LogP contribution in [0, 0.1) is 5.92 Å². The Kier molecular flexibility index (Phi) is 4.80.